The molecule has 2 aliphatic heterocycles. The van der Waals surface area contributed by atoms with Gasteiger partial charge in [-0.3, -0.25) is 0 Å². The number of ether oxygens (including phenoxy) is 3. The Morgan fingerprint density at radius 1 is 0.967 bits per heavy atom. The van der Waals surface area contributed by atoms with Crippen LogP contribution >= 0.6 is 0 Å². The lowest BCUT2D eigenvalue weighted by molar-refractivity contribution is -1.02. The first kappa shape index (κ1) is 21.0. The van der Waals surface area contributed by atoms with Gasteiger partial charge in [-0.1, -0.05) is 6.07 Å². The maximum Gasteiger partial charge on any atom is 0.231 e. The van der Waals surface area contributed by atoms with Gasteiger partial charge in [0.05, 0.1) is 0 Å². The molecule has 0 radical (unpaired) electrons. The van der Waals surface area contributed by atoms with E-state index in [0.717, 1.165) is 62.1 Å². The van der Waals surface area contributed by atoms with Gasteiger partial charge in [0.2, 0.25) is 6.79 Å². The average molecular weight is 415 g/mol. The number of hydrogen-bond donors (Lipinski definition) is 3. The van der Waals surface area contributed by atoms with Gasteiger partial charge in [-0.05, 0) is 61.7 Å². The summed E-state index contributed by atoms with van der Waals surface area (Å²) >= 11 is 0. The van der Waals surface area contributed by atoms with E-state index in [4.69, 9.17) is 14.2 Å². The molecule has 0 amide bonds. The molecule has 0 spiro atoms. The minimum Gasteiger partial charge on any atom is -0.490 e. The molecule has 6 nitrogen and oxygen atoms in total. The van der Waals surface area contributed by atoms with Crippen LogP contribution in [0.15, 0.2) is 30.3 Å². The molecule has 0 saturated carbocycles. The molecule has 4 rings (SSSR count). The van der Waals surface area contributed by atoms with Crippen LogP contribution in [0.2, 0.25) is 0 Å². The molecule has 1 atom stereocenters. The number of rotatable bonds is 7. The molecule has 6 heteroatoms. The predicted molar refractivity (Wildman–Crippen MR) is 115 cm³/mol. The van der Waals surface area contributed by atoms with Gasteiger partial charge in [0.15, 0.2) is 11.5 Å². The normalized spacial score (nSPS) is 21.5. The van der Waals surface area contributed by atoms with Gasteiger partial charge in [0, 0.05) is 5.56 Å². The Hall–Kier alpha value is -2.28. The standard InChI is InChI=1S/C24H32N2O4/c1-17-10-18(2)19(3)23(11-17)28-15-21(27)14-26-8-6-25(7-9-26)13-20-4-5-22-24(12-20)30-16-29-22/h4-5,10-12,21,27H,6-9,13-16H2,1-3H3/p+2/t21-/m0/s1. The highest BCUT2D eigenvalue weighted by molar-refractivity contribution is 5.44. The van der Waals surface area contributed by atoms with Crippen molar-refractivity contribution in [1.29, 1.82) is 0 Å². The van der Waals surface area contributed by atoms with Crippen LogP contribution in [0.5, 0.6) is 17.2 Å². The van der Waals surface area contributed by atoms with Crippen molar-refractivity contribution in [3.05, 3.63) is 52.6 Å². The van der Waals surface area contributed by atoms with Gasteiger partial charge in [-0.2, -0.15) is 0 Å². The molecule has 1 saturated heterocycles. The van der Waals surface area contributed by atoms with E-state index < -0.39 is 6.10 Å². The molecule has 162 valence electrons. The summed E-state index contributed by atoms with van der Waals surface area (Å²) in [5.41, 5.74) is 4.86. The van der Waals surface area contributed by atoms with Crippen LogP contribution in [0.4, 0.5) is 0 Å². The number of quaternary nitrogens is 2. The second kappa shape index (κ2) is 9.25. The smallest absolute Gasteiger partial charge is 0.231 e. The monoisotopic (exact) mass is 414 g/mol. The van der Waals surface area contributed by atoms with Crippen molar-refractivity contribution < 1.29 is 29.1 Å². The van der Waals surface area contributed by atoms with E-state index in [1.165, 1.54) is 21.6 Å². The molecule has 0 bridgehead atoms. The predicted octanol–water partition coefficient (Wildman–Crippen LogP) is 0.0639. The summed E-state index contributed by atoms with van der Waals surface area (Å²) in [6, 6.07) is 10.5. The molecule has 1 fully saturated rings. The molecule has 2 aromatic carbocycles. The van der Waals surface area contributed by atoms with E-state index in [2.05, 4.69) is 45.0 Å². The second-order valence-corrected chi connectivity index (χ2v) is 8.74. The summed E-state index contributed by atoms with van der Waals surface area (Å²) in [5.74, 6) is 2.59. The van der Waals surface area contributed by atoms with E-state index in [9.17, 15) is 5.11 Å². The van der Waals surface area contributed by atoms with E-state index in [1.54, 1.807) is 4.90 Å². The summed E-state index contributed by atoms with van der Waals surface area (Å²) in [4.78, 5) is 3.03. The molecule has 2 heterocycles. The van der Waals surface area contributed by atoms with Crippen molar-refractivity contribution in [1.82, 2.24) is 0 Å². The van der Waals surface area contributed by atoms with Gasteiger partial charge < -0.3 is 29.1 Å². The van der Waals surface area contributed by atoms with Crippen LogP contribution in [-0.4, -0.2) is 57.3 Å². The van der Waals surface area contributed by atoms with Gasteiger partial charge in [0.25, 0.3) is 0 Å². The highest BCUT2D eigenvalue weighted by Crippen LogP contribution is 2.32. The SMILES string of the molecule is Cc1cc(C)c(C)c(OC[C@@H](O)C[NH+]2CC[NH+](Cc3ccc4c(c3)OCO4)CC2)c1. The molecule has 0 unspecified atom stereocenters. The van der Waals surface area contributed by atoms with Crippen LogP contribution in [0.3, 0.4) is 0 Å². The van der Waals surface area contributed by atoms with Gasteiger partial charge in [-0.25, -0.2) is 0 Å². The van der Waals surface area contributed by atoms with E-state index in [0.29, 0.717) is 13.4 Å². The van der Waals surface area contributed by atoms with Crippen LogP contribution in [0.25, 0.3) is 0 Å². The largest absolute Gasteiger partial charge is 0.490 e. The third-order valence-corrected chi connectivity index (χ3v) is 6.27. The number of hydrogen-bond acceptors (Lipinski definition) is 4. The summed E-state index contributed by atoms with van der Waals surface area (Å²) in [7, 11) is 0. The third-order valence-electron chi connectivity index (χ3n) is 6.27. The number of aliphatic hydroxyl groups is 1. The Labute approximate surface area is 179 Å². The summed E-state index contributed by atoms with van der Waals surface area (Å²) in [5, 5.41) is 10.5. The van der Waals surface area contributed by atoms with Crippen LogP contribution in [-0.2, 0) is 6.54 Å². The minimum absolute atomic E-state index is 0.322. The van der Waals surface area contributed by atoms with Crippen molar-refractivity contribution in [3.8, 4) is 17.2 Å². The first-order valence-electron chi connectivity index (χ1n) is 10.9. The fourth-order valence-electron chi connectivity index (χ4n) is 4.41. The topological polar surface area (TPSA) is 56.8 Å². The van der Waals surface area contributed by atoms with E-state index in [1.807, 2.05) is 6.07 Å². The lowest BCUT2D eigenvalue weighted by Crippen LogP contribution is -3.28. The van der Waals surface area contributed by atoms with Gasteiger partial charge in [0.1, 0.15) is 57.7 Å². The van der Waals surface area contributed by atoms with Crippen LogP contribution in [0.1, 0.15) is 22.3 Å². The molecule has 0 aliphatic carbocycles. The molecular weight excluding hydrogens is 380 g/mol. The lowest BCUT2D eigenvalue weighted by atomic mass is 10.1. The average Bonchev–Trinajstić information content (AvgIpc) is 3.19. The summed E-state index contributed by atoms with van der Waals surface area (Å²) < 4.78 is 16.8. The molecule has 3 N–H and O–H groups in total. The number of nitrogens with one attached hydrogen (secondary N) is 2. The van der Waals surface area contributed by atoms with Gasteiger partial charge in [-0.15, -0.1) is 0 Å². The van der Waals surface area contributed by atoms with E-state index >= 15 is 0 Å². The first-order valence-corrected chi connectivity index (χ1v) is 10.9. The highest BCUT2D eigenvalue weighted by atomic mass is 16.7. The number of benzene rings is 2. The van der Waals surface area contributed by atoms with Crippen LogP contribution < -0.4 is 24.0 Å². The third kappa shape index (κ3) is 5.06. The fourth-order valence-corrected chi connectivity index (χ4v) is 4.41. The van der Waals surface area contributed by atoms with Crippen molar-refractivity contribution in [2.45, 2.75) is 33.4 Å². The Morgan fingerprint density at radius 3 is 2.50 bits per heavy atom. The maximum atomic E-state index is 10.5. The summed E-state index contributed by atoms with van der Waals surface area (Å²) in [6.45, 7) is 13.0. The van der Waals surface area contributed by atoms with Crippen molar-refractivity contribution in [2.75, 3.05) is 46.1 Å². The van der Waals surface area contributed by atoms with Gasteiger partial charge >= 0.3 is 0 Å². The highest BCUT2D eigenvalue weighted by Gasteiger charge is 2.26. The zero-order chi connectivity index (χ0) is 21.1. The zero-order valence-electron chi connectivity index (χ0n) is 18.3. The van der Waals surface area contributed by atoms with E-state index in [-0.39, 0.29) is 0 Å². The molecular formula is C24H34N2O4+2. The number of aryl methyl sites for hydroxylation is 2. The van der Waals surface area contributed by atoms with Crippen molar-refractivity contribution in [2.24, 2.45) is 0 Å². The molecule has 0 aromatic heterocycles. The Kier molecular flexibility index (Phi) is 6.46. The maximum absolute atomic E-state index is 10.5. The molecule has 30 heavy (non-hydrogen) atoms. The molecule has 2 aliphatic rings. The number of fused-ring (bicyclic) bond motifs is 1. The fraction of sp³-hybridized carbons (Fsp3) is 0.500. The van der Waals surface area contributed by atoms with Crippen molar-refractivity contribution in [3.63, 3.8) is 0 Å². The quantitative estimate of drug-likeness (QED) is 0.600. The Balaban J connectivity index is 1.21. The number of piperazine rings is 1. The minimum atomic E-state index is -0.448. The van der Waals surface area contributed by atoms with Crippen molar-refractivity contribution >= 4 is 0 Å². The summed E-state index contributed by atoms with van der Waals surface area (Å²) in [6.07, 6.45) is -0.448. The van der Waals surface area contributed by atoms with Crippen LogP contribution in [0, 0.1) is 20.8 Å². The molecule has 2 aromatic rings. The number of aliphatic hydroxyl groups excluding tert-OH is 1. The lowest BCUT2D eigenvalue weighted by Gasteiger charge is -2.30. The second-order valence-electron chi connectivity index (χ2n) is 8.74. The zero-order valence-corrected chi connectivity index (χ0v) is 18.3. The Bertz CT molecular complexity index is 878. The first-order chi connectivity index (χ1) is 14.5. The Morgan fingerprint density at radius 2 is 1.70 bits per heavy atom.